The largest absolute Gasteiger partial charge is 0.396 e. The Morgan fingerprint density at radius 1 is 0.667 bits per heavy atom. The minimum Gasteiger partial charge on any atom is -0.396 e. The molecule has 4 nitrogen and oxygen atoms in total. The average molecular weight is 497 g/mol. The van der Waals surface area contributed by atoms with Gasteiger partial charge in [-0.05, 0) is 60.5 Å². The first-order valence-electron chi connectivity index (χ1n) is 13.4. The highest BCUT2D eigenvalue weighted by Gasteiger charge is 2.29. The van der Waals surface area contributed by atoms with Crippen molar-refractivity contribution in [2.75, 3.05) is 13.2 Å². The van der Waals surface area contributed by atoms with E-state index in [4.69, 9.17) is 0 Å². The predicted molar refractivity (Wildman–Crippen MR) is 148 cm³/mol. The van der Waals surface area contributed by atoms with Crippen molar-refractivity contribution in [1.82, 2.24) is 0 Å². The second-order valence-electron chi connectivity index (χ2n) is 13.5. The molecule has 200 valence electrons. The summed E-state index contributed by atoms with van der Waals surface area (Å²) in [5.74, 6) is 0.0509. The molecule has 0 aromatic heterocycles. The minimum atomic E-state index is -0.246. The summed E-state index contributed by atoms with van der Waals surface area (Å²) in [6.45, 7) is 16.8. The van der Waals surface area contributed by atoms with E-state index >= 15 is 0 Å². The number of hydrogen-bond acceptors (Lipinski definition) is 4. The normalized spacial score (nSPS) is 20.3. The molecule has 0 fully saturated rings. The summed E-state index contributed by atoms with van der Waals surface area (Å²) in [6.07, 6.45) is 16.5. The molecule has 0 aromatic rings. The molecule has 2 aliphatic carbocycles. The number of Topliss-reactive ketones (excluding diaryl/α,β-unsaturated/α-hetero) is 2. The Morgan fingerprint density at radius 2 is 1.00 bits per heavy atom. The summed E-state index contributed by atoms with van der Waals surface area (Å²) in [4.78, 5) is 26.5. The predicted octanol–water partition coefficient (Wildman–Crippen LogP) is 6.84. The number of carbonyl (C=O) groups excluding carboxylic acids is 2. The van der Waals surface area contributed by atoms with Gasteiger partial charge in [-0.1, -0.05) is 91.8 Å². The topological polar surface area (TPSA) is 74.6 Å². The molecule has 0 saturated heterocycles. The van der Waals surface area contributed by atoms with E-state index in [1.165, 1.54) is 0 Å². The highest BCUT2D eigenvalue weighted by atomic mass is 16.3. The van der Waals surface area contributed by atoms with Crippen molar-refractivity contribution >= 4 is 11.6 Å². The lowest BCUT2D eigenvalue weighted by Gasteiger charge is -2.27. The number of aliphatic hydroxyl groups is 2. The van der Waals surface area contributed by atoms with E-state index in [9.17, 15) is 19.8 Å². The van der Waals surface area contributed by atoms with Gasteiger partial charge < -0.3 is 10.2 Å². The van der Waals surface area contributed by atoms with E-state index in [0.29, 0.717) is 24.0 Å². The molecule has 0 heterocycles. The monoisotopic (exact) mass is 496 g/mol. The number of hydrogen-bond donors (Lipinski definition) is 2. The lowest BCUT2D eigenvalue weighted by atomic mass is 9.77. The summed E-state index contributed by atoms with van der Waals surface area (Å²) in [5.41, 5.74) is 2.10. The number of allylic oxidation sites excluding steroid dienone is 10. The second-order valence-corrected chi connectivity index (χ2v) is 13.5. The lowest BCUT2D eigenvalue weighted by molar-refractivity contribution is -0.113. The van der Waals surface area contributed by atoms with Crippen molar-refractivity contribution in [2.45, 2.75) is 93.9 Å². The fourth-order valence-corrected chi connectivity index (χ4v) is 4.89. The van der Waals surface area contributed by atoms with E-state index in [-0.39, 0.29) is 46.4 Å². The molecule has 2 N–H and O–H groups in total. The second kappa shape index (κ2) is 11.6. The maximum absolute atomic E-state index is 13.3. The molecule has 0 bridgehead atoms. The molecule has 0 unspecified atom stereocenters. The van der Waals surface area contributed by atoms with Gasteiger partial charge >= 0.3 is 0 Å². The zero-order chi connectivity index (χ0) is 27.4. The molecule has 36 heavy (non-hydrogen) atoms. The van der Waals surface area contributed by atoms with Crippen molar-refractivity contribution in [2.24, 2.45) is 21.7 Å². The van der Waals surface area contributed by atoms with Crippen LogP contribution in [-0.4, -0.2) is 35.0 Å². The Bertz CT molecular complexity index is 913. The van der Waals surface area contributed by atoms with Crippen LogP contribution in [0.4, 0.5) is 0 Å². The molecular weight excluding hydrogens is 448 g/mol. The lowest BCUT2D eigenvalue weighted by Crippen LogP contribution is -2.21. The Kier molecular flexibility index (Phi) is 9.70. The molecule has 0 aromatic carbocycles. The molecule has 0 saturated carbocycles. The van der Waals surface area contributed by atoms with Gasteiger partial charge in [-0.25, -0.2) is 0 Å². The molecule has 0 aliphatic heterocycles. The molecule has 0 radical (unpaired) electrons. The zero-order valence-electron chi connectivity index (χ0n) is 23.8. The Hall–Kier alpha value is -2.04. The number of ketones is 2. The van der Waals surface area contributed by atoms with Gasteiger partial charge in [0.15, 0.2) is 11.6 Å². The van der Waals surface area contributed by atoms with Crippen molar-refractivity contribution in [3.8, 4) is 0 Å². The van der Waals surface area contributed by atoms with Crippen LogP contribution in [0.5, 0.6) is 0 Å². The van der Waals surface area contributed by atoms with Crippen LogP contribution in [0.1, 0.15) is 93.9 Å². The number of aliphatic hydroxyl groups excluding tert-OH is 2. The van der Waals surface area contributed by atoms with Gasteiger partial charge in [0.1, 0.15) is 0 Å². The first-order chi connectivity index (χ1) is 16.5. The van der Waals surface area contributed by atoms with Crippen molar-refractivity contribution in [3.63, 3.8) is 0 Å². The van der Waals surface area contributed by atoms with E-state index in [1.807, 2.05) is 52.0 Å². The maximum atomic E-state index is 13.3. The van der Waals surface area contributed by atoms with Crippen molar-refractivity contribution in [1.29, 1.82) is 0 Å². The van der Waals surface area contributed by atoms with Crippen LogP contribution >= 0.6 is 0 Å². The molecule has 4 heteroatoms. The first kappa shape index (κ1) is 30.2. The molecular formula is C32H48O4. The van der Waals surface area contributed by atoms with Crippen molar-refractivity contribution < 1.29 is 19.8 Å². The highest BCUT2D eigenvalue weighted by molar-refractivity contribution is 6.13. The van der Waals surface area contributed by atoms with Crippen LogP contribution in [0.3, 0.4) is 0 Å². The van der Waals surface area contributed by atoms with Gasteiger partial charge in [0.25, 0.3) is 0 Å². The SMILES string of the molecule is CC1(C)C=C(/C=C\C2=CC(C)(C)C=C(CCCC(C)(C)CO)C2=O)C(=O)C(CCCC(C)(C)CO)=C1. The van der Waals surface area contributed by atoms with Gasteiger partial charge in [0.05, 0.1) is 0 Å². The van der Waals surface area contributed by atoms with E-state index in [0.717, 1.165) is 36.8 Å². The van der Waals surface area contributed by atoms with Gasteiger partial charge in [0.2, 0.25) is 0 Å². The number of carbonyl (C=O) groups is 2. The summed E-state index contributed by atoms with van der Waals surface area (Å²) in [7, 11) is 0. The molecule has 0 atom stereocenters. The smallest absolute Gasteiger partial charge is 0.188 e. The zero-order valence-corrected chi connectivity index (χ0v) is 23.8. The fourth-order valence-electron chi connectivity index (χ4n) is 4.89. The summed E-state index contributed by atoms with van der Waals surface area (Å²) in [6, 6.07) is 0. The molecule has 2 aliphatic rings. The third kappa shape index (κ3) is 8.81. The standard InChI is InChI=1S/C32H48O4/c1-29(2,21-33)15-9-11-23-17-31(5,6)19-25(27(23)35)13-14-26-20-32(7,8)18-24(28(26)36)12-10-16-30(3,4)22-34/h13-14,17-20,33-34H,9-12,15-16,21-22H2,1-8H3/b14-13-. The number of rotatable bonds is 12. The molecule has 2 rings (SSSR count). The van der Waals surface area contributed by atoms with Crippen molar-refractivity contribution in [3.05, 3.63) is 58.7 Å². The Labute approximate surface area is 219 Å². The third-order valence-electron chi connectivity index (χ3n) is 7.15. The van der Waals surface area contributed by atoms with E-state index in [1.54, 1.807) is 0 Å². The van der Waals surface area contributed by atoms with Gasteiger partial charge in [0, 0.05) is 35.2 Å². The Morgan fingerprint density at radius 3 is 1.31 bits per heavy atom. The van der Waals surface area contributed by atoms with E-state index in [2.05, 4.69) is 39.8 Å². The van der Waals surface area contributed by atoms with Crippen LogP contribution < -0.4 is 0 Å². The average Bonchev–Trinajstić information content (AvgIpc) is 2.76. The Balaban J connectivity index is 2.15. The first-order valence-corrected chi connectivity index (χ1v) is 13.4. The summed E-state index contributed by atoms with van der Waals surface area (Å²) in [5, 5.41) is 19.1. The summed E-state index contributed by atoms with van der Waals surface area (Å²) >= 11 is 0. The van der Waals surface area contributed by atoms with Crippen LogP contribution in [0.2, 0.25) is 0 Å². The van der Waals surface area contributed by atoms with Gasteiger partial charge in [-0.3, -0.25) is 9.59 Å². The van der Waals surface area contributed by atoms with Crippen LogP contribution in [-0.2, 0) is 9.59 Å². The molecule has 0 amide bonds. The van der Waals surface area contributed by atoms with Crippen LogP contribution in [0.15, 0.2) is 58.7 Å². The summed E-state index contributed by atoms with van der Waals surface area (Å²) < 4.78 is 0. The van der Waals surface area contributed by atoms with Gasteiger partial charge in [-0.15, -0.1) is 0 Å². The van der Waals surface area contributed by atoms with E-state index < -0.39 is 0 Å². The molecule has 0 spiro atoms. The minimum absolute atomic E-state index is 0.0255. The fraction of sp³-hybridized carbons (Fsp3) is 0.625. The maximum Gasteiger partial charge on any atom is 0.188 e. The highest BCUT2D eigenvalue weighted by Crippen LogP contribution is 2.36. The van der Waals surface area contributed by atoms with Gasteiger partial charge in [-0.2, -0.15) is 0 Å². The quantitative estimate of drug-likeness (QED) is 0.310. The third-order valence-corrected chi connectivity index (χ3v) is 7.15. The van der Waals surface area contributed by atoms with Crippen LogP contribution in [0.25, 0.3) is 0 Å². The van der Waals surface area contributed by atoms with Crippen LogP contribution in [0, 0.1) is 21.7 Å².